The molecule has 0 saturated heterocycles. The highest BCUT2D eigenvalue weighted by Gasteiger charge is 2.19. The van der Waals surface area contributed by atoms with E-state index in [2.05, 4.69) is 132 Å². The van der Waals surface area contributed by atoms with Crippen molar-refractivity contribution in [3.63, 3.8) is 0 Å². The van der Waals surface area contributed by atoms with Crippen LogP contribution in [0.4, 0.5) is 0 Å². The number of benzene rings is 7. The Kier molecular flexibility index (Phi) is 6.42. The van der Waals surface area contributed by atoms with Crippen LogP contribution in [0.5, 0.6) is 0 Å². The fourth-order valence-corrected chi connectivity index (χ4v) is 7.13. The largest absolute Gasteiger partial charge is 0.456 e. The molecule has 0 bridgehead atoms. The molecule has 10 aromatic rings. The van der Waals surface area contributed by atoms with E-state index in [4.69, 9.17) is 19.4 Å². The summed E-state index contributed by atoms with van der Waals surface area (Å²) in [7, 11) is 0. The Morgan fingerprint density at radius 1 is 0.380 bits per heavy atom. The molecule has 0 atom stereocenters. The quantitative estimate of drug-likeness (QED) is 0.188. The maximum atomic E-state index is 6.53. The van der Waals surface area contributed by atoms with E-state index in [1.807, 2.05) is 42.5 Å². The summed E-state index contributed by atoms with van der Waals surface area (Å²) in [5.74, 6) is 1.75. The Morgan fingerprint density at radius 2 is 0.940 bits per heavy atom. The maximum absolute atomic E-state index is 6.53. The van der Waals surface area contributed by atoms with Crippen LogP contribution in [0.15, 0.2) is 174 Å². The average Bonchev–Trinajstić information content (AvgIpc) is 3.74. The molecule has 10 rings (SSSR count). The van der Waals surface area contributed by atoms with Gasteiger partial charge < -0.3 is 4.42 Å². The highest BCUT2D eigenvalue weighted by Crippen LogP contribution is 2.39. The normalized spacial score (nSPS) is 11.6. The molecule has 7 aromatic carbocycles. The first-order valence-electron chi connectivity index (χ1n) is 16.7. The third kappa shape index (κ3) is 4.60. The van der Waals surface area contributed by atoms with Gasteiger partial charge in [-0.1, -0.05) is 140 Å². The number of rotatable bonds is 5. The van der Waals surface area contributed by atoms with Gasteiger partial charge >= 0.3 is 0 Å². The molecule has 0 amide bonds. The molecule has 0 aliphatic rings. The number of para-hydroxylation sites is 2. The number of nitrogens with zero attached hydrogens (tertiary/aromatic N) is 4. The first kappa shape index (κ1) is 28.2. The molecule has 0 aliphatic heterocycles. The zero-order chi connectivity index (χ0) is 33.0. The lowest BCUT2D eigenvalue weighted by molar-refractivity contribution is 0.669. The number of hydrogen-bond acceptors (Lipinski definition) is 4. The van der Waals surface area contributed by atoms with Gasteiger partial charge in [0.05, 0.1) is 11.0 Å². The Morgan fingerprint density at radius 3 is 1.64 bits per heavy atom. The van der Waals surface area contributed by atoms with Gasteiger partial charge in [-0.3, -0.25) is 4.57 Å². The zero-order valence-corrected chi connectivity index (χ0v) is 26.9. The molecule has 234 valence electrons. The first-order valence-corrected chi connectivity index (χ1v) is 16.7. The van der Waals surface area contributed by atoms with E-state index in [9.17, 15) is 0 Å². The third-order valence-corrected chi connectivity index (χ3v) is 9.49. The molecule has 0 radical (unpaired) electrons. The second-order valence-electron chi connectivity index (χ2n) is 12.5. The minimum Gasteiger partial charge on any atom is -0.456 e. The van der Waals surface area contributed by atoms with Gasteiger partial charge in [0.2, 0.25) is 5.95 Å². The van der Waals surface area contributed by atoms with Crippen LogP contribution in [0.1, 0.15) is 0 Å². The summed E-state index contributed by atoms with van der Waals surface area (Å²) in [5.41, 5.74) is 10.2. The number of hydrogen-bond donors (Lipinski definition) is 0. The van der Waals surface area contributed by atoms with Crippen molar-refractivity contribution < 1.29 is 4.42 Å². The second kappa shape index (κ2) is 11.4. The molecular formula is C45H28N4O. The molecule has 0 unspecified atom stereocenters. The molecule has 3 heterocycles. The summed E-state index contributed by atoms with van der Waals surface area (Å²) >= 11 is 0. The van der Waals surface area contributed by atoms with E-state index < -0.39 is 0 Å². The first-order chi connectivity index (χ1) is 24.8. The molecular weight excluding hydrogens is 613 g/mol. The Labute approximate surface area is 287 Å². The highest BCUT2D eigenvalue weighted by molar-refractivity contribution is 6.13. The van der Waals surface area contributed by atoms with Gasteiger partial charge in [0.15, 0.2) is 11.6 Å². The standard InChI is InChI=1S/C45H28N4O/c1-3-12-29(13-4-1)30-22-24-31(25-23-30)34-18-11-21-40-42(34)37-27-26-33(28-41(37)50-40)44-46-43(32-14-5-2-6-15-32)47-45(48-44)49-38-19-9-7-16-35(38)36-17-8-10-20-39(36)49/h1-28H. The van der Waals surface area contributed by atoms with E-state index in [1.165, 1.54) is 11.1 Å². The van der Waals surface area contributed by atoms with Crippen molar-refractivity contribution in [1.29, 1.82) is 0 Å². The molecule has 0 spiro atoms. The van der Waals surface area contributed by atoms with E-state index in [-0.39, 0.29) is 0 Å². The van der Waals surface area contributed by atoms with Crippen molar-refractivity contribution in [2.75, 3.05) is 0 Å². The summed E-state index contributed by atoms with van der Waals surface area (Å²) < 4.78 is 8.66. The summed E-state index contributed by atoms with van der Waals surface area (Å²) in [6.45, 7) is 0. The smallest absolute Gasteiger partial charge is 0.238 e. The van der Waals surface area contributed by atoms with E-state index in [1.54, 1.807) is 0 Å². The van der Waals surface area contributed by atoms with Gasteiger partial charge in [0.1, 0.15) is 11.2 Å². The van der Waals surface area contributed by atoms with Crippen molar-refractivity contribution in [3.8, 4) is 51.0 Å². The molecule has 0 saturated carbocycles. The lowest BCUT2D eigenvalue weighted by Crippen LogP contribution is -2.06. The predicted octanol–water partition coefficient (Wildman–Crippen LogP) is 11.5. The van der Waals surface area contributed by atoms with Gasteiger partial charge in [-0.15, -0.1) is 0 Å². The van der Waals surface area contributed by atoms with Gasteiger partial charge in [-0.25, -0.2) is 4.98 Å². The van der Waals surface area contributed by atoms with Crippen LogP contribution >= 0.6 is 0 Å². The molecule has 3 aromatic heterocycles. The Balaban J connectivity index is 1.13. The lowest BCUT2D eigenvalue weighted by atomic mass is 9.96. The molecule has 5 nitrogen and oxygen atoms in total. The molecule has 50 heavy (non-hydrogen) atoms. The molecule has 0 fully saturated rings. The van der Waals surface area contributed by atoms with Crippen LogP contribution in [0, 0.1) is 0 Å². The zero-order valence-electron chi connectivity index (χ0n) is 26.9. The Bertz CT molecular complexity index is 2800. The molecule has 0 aliphatic carbocycles. The second-order valence-corrected chi connectivity index (χ2v) is 12.5. The van der Waals surface area contributed by atoms with Crippen LogP contribution in [0.3, 0.4) is 0 Å². The van der Waals surface area contributed by atoms with Crippen LogP contribution in [0.2, 0.25) is 0 Å². The van der Waals surface area contributed by atoms with Crippen LogP contribution in [-0.4, -0.2) is 19.5 Å². The SMILES string of the molecule is c1ccc(-c2ccc(-c3cccc4oc5cc(-c6nc(-c7ccccc7)nc(-n7c8ccccc8c8ccccc87)n6)ccc5c34)cc2)cc1. The van der Waals surface area contributed by atoms with Crippen molar-refractivity contribution >= 4 is 43.7 Å². The van der Waals surface area contributed by atoms with Crippen molar-refractivity contribution in [2.24, 2.45) is 0 Å². The lowest BCUT2D eigenvalue weighted by Gasteiger charge is -2.11. The van der Waals surface area contributed by atoms with Gasteiger partial charge in [-0.2, -0.15) is 9.97 Å². The van der Waals surface area contributed by atoms with Crippen molar-refractivity contribution in [1.82, 2.24) is 19.5 Å². The van der Waals surface area contributed by atoms with E-state index >= 15 is 0 Å². The number of furan rings is 1. The number of aromatic nitrogens is 4. The summed E-state index contributed by atoms with van der Waals surface area (Å²) in [6, 6.07) is 58.6. The minimum atomic E-state index is 0.567. The van der Waals surface area contributed by atoms with Crippen LogP contribution < -0.4 is 0 Å². The monoisotopic (exact) mass is 640 g/mol. The average molecular weight is 641 g/mol. The van der Waals surface area contributed by atoms with Crippen molar-refractivity contribution in [3.05, 3.63) is 170 Å². The maximum Gasteiger partial charge on any atom is 0.238 e. The van der Waals surface area contributed by atoms with Crippen LogP contribution in [0.25, 0.3) is 94.7 Å². The fourth-order valence-electron chi connectivity index (χ4n) is 7.13. The molecule has 0 N–H and O–H groups in total. The Hall–Kier alpha value is -6.85. The van der Waals surface area contributed by atoms with Gasteiger partial charge in [0, 0.05) is 32.7 Å². The van der Waals surface area contributed by atoms with E-state index in [0.29, 0.717) is 17.6 Å². The van der Waals surface area contributed by atoms with Crippen LogP contribution in [-0.2, 0) is 0 Å². The molecule has 5 heteroatoms. The van der Waals surface area contributed by atoms with Gasteiger partial charge in [0.25, 0.3) is 0 Å². The fraction of sp³-hybridized carbons (Fsp3) is 0. The summed E-state index contributed by atoms with van der Waals surface area (Å²) in [6.07, 6.45) is 0. The minimum absolute atomic E-state index is 0.567. The van der Waals surface area contributed by atoms with E-state index in [0.717, 1.165) is 66.0 Å². The number of fused-ring (bicyclic) bond motifs is 6. The highest BCUT2D eigenvalue weighted by atomic mass is 16.3. The third-order valence-electron chi connectivity index (χ3n) is 9.49. The van der Waals surface area contributed by atoms with Gasteiger partial charge in [-0.05, 0) is 52.6 Å². The summed E-state index contributed by atoms with van der Waals surface area (Å²) in [4.78, 5) is 15.2. The predicted molar refractivity (Wildman–Crippen MR) is 203 cm³/mol. The summed E-state index contributed by atoms with van der Waals surface area (Å²) in [5, 5.41) is 4.45. The van der Waals surface area contributed by atoms with Crippen molar-refractivity contribution in [2.45, 2.75) is 0 Å². The topological polar surface area (TPSA) is 56.7 Å².